The van der Waals surface area contributed by atoms with Gasteiger partial charge in [-0.3, -0.25) is 4.79 Å². The molecule has 18 heavy (non-hydrogen) atoms. The molecule has 90 valence electrons. The molecule has 0 bridgehead atoms. The SMILES string of the molecule is N#Cc1ccc(Cl)c(Nc2nc[nH]c(=O)c2I)c1. The number of hydrogen-bond donors (Lipinski definition) is 2. The number of benzene rings is 1. The quantitative estimate of drug-likeness (QED) is 0.794. The molecule has 0 spiro atoms. The molecule has 0 aliphatic carbocycles. The summed E-state index contributed by atoms with van der Waals surface area (Å²) in [4.78, 5) is 17.9. The molecule has 1 aromatic heterocycles. The van der Waals surface area contributed by atoms with Crippen LogP contribution in [0.1, 0.15) is 5.56 Å². The first-order valence-corrected chi connectivity index (χ1v) is 6.27. The fraction of sp³-hybridized carbons (Fsp3) is 0. The van der Waals surface area contributed by atoms with Crippen LogP contribution in [-0.2, 0) is 0 Å². The molecule has 7 heteroatoms. The molecular formula is C11H6ClIN4O. The maximum absolute atomic E-state index is 11.4. The molecular weight excluding hydrogens is 367 g/mol. The van der Waals surface area contributed by atoms with E-state index in [9.17, 15) is 4.79 Å². The average Bonchev–Trinajstić information content (AvgIpc) is 2.37. The van der Waals surface area contributed by atoms with E-state index in [0.29, 0.717) is 25.7 Å². The molecule has 0 aliphatic rings. The highest BCUT2D eigenvalue weighted by Gasteiger charge is 2.08. The number of halogens is 2. The van der Waals surface area contributed by atoms with Crippen LogP contribution in [0.5, 0.6) is 0 Å². The van der Waals surface area contributed by atoms with E-state index in [1.807, 2.05) is 28.7 Å². The van der Waals surface area contributed by atoms with E-state index in [0.717, 1.165) is 0 Å². The first-order valence-electron chi connectivity index (χ1n) is 4.81. The van der Waals surface area contributed by atoms with Crippen LogP contribution in [-0.4, -0.2) is 9.97 Å². The fourth-order valence-electron chi connectivity index (χ4n) is 1.29. The molecule has 0 saturated carbocycles. The normalized spacial score (nSPS) is 9.83. The Balaban J connectivity index is 2.43. The maximum Gasteiger partial charge on any atom is 0.266 e. The van der Waals surface area contributed by atoms with Gasteiger partial charge in [-0.2, -0.15) is 5.26 Å². The molecule has 2 N–H and O–H groups in total. The molecule has 0 amide bonds. The van der Waals surface area contributed by atoms with Gasteiger partial charge in [-0.1, -0.05) is 11.6 Å². The van der Waals surface area contributed by atoms with Crippen molar-refractivity contribution in [3.05, 3.63) is 49.0 Å². The van der Waals surface area contributed by atoms with Crippen molar-refractivity contribution in [3.8, 4) is 6.07 Å². The highest BCUT2D eigenvalue weighted by Crippen LogP contribution is 2.26. The number of aromatic amines is 1. The van der Waals surface area contributed by atoms with Crippen LogP contribution in [0.15, 0.2) is 29.3 Å². The van der Waals surface area contributed by atoms with Crippen LogP contribution in [0.3, 0.4) is 0 Å². The molecule has 5 nitrogen and oxygen atoms in total. The van der Waals surface area contributed by atoms with Crippen molar-refractivity contribution in [2.75, 3.05) is 5.32 Å². The van der Waals surface area contributed by atoms with Crippen molar-refractivity contribution in [2.45, 2.75) is 0 Å². The molecule has 1 heterocycles. The van der Waals surface area contributed by atoms with Crippen molar-refractivity contribution < 1.29 is 0 Å². The van der Waals surface area contributed by atoms with Crippen LogP contribution < -0.4 is 10.9 Å². The molecule has 0 saturated heterocycles. The lowest BCUT2D eigenvalue weighted by molar-refractivity contribution is 1.10. The van der Waals surface area contributed by atoms with Crippen LogP contribution in [0.4, 0.5) is 11.5 Å². The van der Waals surface area contributed by atoms with E-state index in [2.05, 4.69) is 15.3 Å². The number of rotatable bonds is 2. The van der Waals surface area contributed by atoms with Gasteiger partial charge in [0, 0.05) is 0 Å². The Morgan fingerprint density at radius 2 is 2.28 bits per heavy atom. The molecule has 2 rings (SSSR count). The van der Waals surface area contributed by atoms with Crippen LogP contribution in [0, 0.1) is 14.9 Å². The number of aromatic nitrogens is 2. The highest BCUT2D eigenvalue weighted by molar-refractivity contribution is 14.1. The maximum atomic E-state index is 11.4. The zero-order valence-corrected chi connectivity index (χ0v) is 11.8. The van der Waals surface area contributed by atoms with Gasteiger partial charge in [0.15, 0.2) is 5.82 Å². The molecule has 0 aliphatic heterocycles. The average molecular weight is 373 g/mol. The molecule has 2 aromatic rings. The van der Waals surface area contributed by atoms with Gasteiger partial charge >= 0.3 is 0 Å². The van der Waals surface area contributed by atoms with Gasteiger partial charge in [0.2, 0.25) is 0 Å². The first-order chi connectivity index (χ1) is 8.61. The second-order valence-electron chi connectivity index (χ2n) is 3.33. The second-order valence-corrected chi connectivity index (χ2v) is 4.81. The van der Waals surface area contributed by atoms with Crippen LogP contribution in [0.2, 0.25) is 5.02 Å². The molecule has 0 unspecified atom stereocenters. The third-order valence-corrected chi connectivity index (χ3v) is 3.48. The van der Waals surface area contributed by atoms with E-state index < -0.39 is 0 Å². The summed E-state index contributed by atoms with van der Waals surface area (Å²) in [5.74, 6) is 0.399. The number of H-pyrrole nitrogens is 1. The number of nitrogens with one attached hydrogen (secondary N) is 2. The Bertz CT molecular complexity index is 692. The van der Waals surface area contributed by atoms with Gasteiger partial charge in [0.1, 0.15) is 3.57 Å². The minimum atomic E-state index is -0.235. The van der Waals surface area contributed by atoms with Gasteiger partial charge < -0.3 is 10.3 Å². The molecule has 0 fully saturated rings. The second kappa shape index (κ2) is 5.37. The minimum Gasteiger partial charge on any atom is -0.338 e. The Morgan fingerprint density at radius 1 is 1.50 bits per heavy atom. The standard InChI is InChI=1S/C11H6ClIN4O/c12-7-2-1-6(4-14)3-8(7)17-10-9(13)11(18)16-5-15-10/h1-3,5H,(H2,15,16,17,18). The zero-order valence-electron chi connectivity index (χ0n) is 8.87. The summed E-state index contributed by atoms with van der Waals surface area (Å²) < 4.78 is 0.425. The number of anilines is 2. The van der Waals surface area contributed by atoms with E-state index >= 15 is 0 Å². The van der Waals surface area contributed by atoms with Crippen molar-refractivity contribution in [2.24, 2.45) is 0 Å². The molecule has 1 aromatic carbocycles. The van der Waals surface area contributed by atoms with Crippen molar-refractivity contribution >= 4 is 45.7 Å². The lowest BCUT2D eigenvalue weighted by atomic mass is 10.2. The first kappa shape index (κ1) is 12.9. The van der Waals surface area contributed by atoms with Crippen LogP contribution >= 0.6 is 34.2 Å². The van der Waals surface area contributed by atoms with E-state index in [4.69, 9.17) is 16.9 Å². The summed E-state index contributed by atoms with van der Waals surface area (Å²) >= 11 is 7.89. The van der Waals surface area contributed by atoms with E-state index in [1.54, 1.807) is 18.2 Å². The Hall–Kier alpha value is -1.59. The van der Waals surface area contributed by atoms with Crippen LogP contribution in [0.25, 0.3) is 0 Å². The van der Waals surface area contributed by atoms with Gasteiger partial charge in [0.25, 0.3) is 5.56 Å². The summed E-state index contributed by atoms with van der Waals surface area (Å²) in [6, 6.07) is 6.84. The summed E-state index contributed by atoms with van der Waals surface area (Å²) in [7, 11) is 0. The third kappa shape index (κ3) is 2.63. The van der Waals surface area contributed by atoms with E-state index in [1.165, 1.54) is 6.33 Å². The number of nitriles is 1. The topological polar surface area (TPSA) is 81.6 Å². The monoisotopic (exact) mass is 372 g/mol. The molecule has 0 atom stereocenters. The van der Waals surface area contributed by atoms with Crippen molar-refractivity contribution in [3.63, 3.8) is 0 Å². The van der Waals surface area contributed by atoms with Gasteiger partial charge in [-0.05, 0) is 40.8 Å². The Labute approximate surface area is 121 Å². The summed E-state index contributed by atoms with van der Waals surface area (Å²) in [6.07, 6.45) is 1.30. The smallest absolute Gasteiger partial charge is 0.266 e. The minimum absolute atomic E-state index is 0.235. The van der Waals surface area contributed by atoms with E-state index in [-0.39, 0.29) is 5.56 Å². The third-order valence-electron chi connectivity index (χ3n) is 2.15. The van der Waals surface area contributed by atoms with Gasteiger partial charge in [0.05, 0.1) is 28.7 Å². The molecule has 0 radical (unpaired) electrons. The lowest BCUT2D eigenvalue weighted by Crippen LogP contribution is -2.13. The van der Waals surface area contributed by atoms with Crippen molar-refractivity contribution in [1.82, 2.24) is 9.97 Å². The lowest BCUT2D eigenvalue weighted by Gasteiger charge is -2.08. The number of nitrogens with zero attached hydrogens (tertiary/aromatic N) is 2. The fourth-order valence-corrected chi connectivity index (χ4v) is 1.88. The summed E-state index contributed by atoms with van der Waals surface area (Å²) in [5, 5.41) is 12.2. The van der Waals surface area contributed by atoms with Crippen molar-refractivity contribution in [1.29, 1.82) is 5.26 Å². The summed E-state index contributed by atoms with van der Waals surface area (Å²) in [5.41, 5.74) is 0.772. The zero-order chi connectivity index (χ0) is 13.1. The largest absolute Gasteiger partial charge is 0.338 e. The van der Waals surface area contributed by atoms with Gasteiger partial charge in [-0.25, -0.2) is 4.98 Å². The Morgan fingerprint density at radius 3 is 3.00 bits per heavy atom. The Kier molecular flexibility index (Phi) is 3.84. The predicted octanol–water partition coefficient (Wildman–Crippen LogP) is 2.64. The van der Waals surface area contributed by atoms with Gasteiger partial charge in [-0.15, -0.1) is 0 Å². The highest BCUT2D eigenvalue weighted by atomic mass is 127. The summed E-state index contributed by atoms with van der Waals surface area (Å²) in [6.45, 7) is 0. The number of hydrogen-bond acceptors (Lipinski definition) is 4. The predicted molar refractivity (Wildman–Crippen MR) is 77.0 cm³/mol.